The topological polar surface area (TPSA) is 74.6 Å². The zero-order chi connectivity index (χ0) is 7.56. The highest BCUT2D eigenvalue weighted by molar-refractivity contribution is 6.30. The highest BCUT2D eigenvalue weighted by atomic mass is 35.5. The van der Waals surface area contributed by atoms with Crippen molar-refractivity contribution in [1.82, 2.24) is 0 Å². The van der Waals surface area contributed by atoms with Gasteiger partial charge in [0.25, 0.3) is 0 Å². The summed E-state index contributed by atoms with van der Waals surface area (Å²) in [6.45, 7) is 0. The molecule has 0 heterocycles. The first-order valence-corrected chi connectivity index (χ1v) is 3.13. The van der Waals surface area contributed by atoms with Crippen molar-refractivity contribution in [2.75, 3.05) is 0 Å². The monoisotopic (exact) mass is 173 g/mol. The van der Waals surface area contributed by atoms with E-state index in [1.807, 2.05) is 0 Å². The summed E-state index contributed by atoms with van der Waals surface area (Å²) >= 11 is 5.56. The normalized spacial score (nSPS) is 8.45. The number of benzene rings is 1. The van der Waals surface area contributed by atoms with Crippen molar-refractivity contribution in [3.05, 3.63) is 34.9 Å². The van der Waals surface area contributed by atoms with Gasteiger partial charge in [-0.15, -0.1) is 0 Å². The summed E-state index contributed by atoms with van der Waals surface area (Å²) in [5.74, 6) is -0.434. The molecule has 1 aromatic carbocycles. The predicted molar refractivity (Wildman–Crippen MR) is 43.6 cm³/mol. The molecule has 60 valence electrons. The van der Waals surface area contributed by atoms with Crippen LogP contribution in [0.2, 0.25) is 5.02 Å². The Morgan fingerprint density at radius 3 is 2.09 bits per heavy atom. The van der Waals surface area contributed by atoms with Crippen molar-refractivity contribution >= 4 is 17.5 Å². The molecule has 0 saturated carbocycles. The van der Waals surface area contributed by atoms with Gasteiger partial charge in [0.2, 0.25) is 5.91 Å². The first-order chi connectivity index (χ1) is 4.70. The number of amides is 1. The van der Waals surface area contributed by atoms with Crippen LogP contribution in [-0.4, -0.2) is 11.4 Å². The van der Waals surface area contributed by atoms with E-state index in [-0.39, 0.29) is 5.48 Å². The lowest BCUT2D eigenvalue weighted by molar-refractivity contribution is 0.100. The van der Waals surface area contributed by atoms with Gasteiger partial charge in [-0.2, -0.15) is 0 Å². The van der Waals surface area contributed by atoms with Gasteiger partial charge in [-0.3, -0.25) is 4.79 Å². The quantitative estimate of drug-likeness (QED) is 0.664. The Morgan fingerprint density at radius 2 is 1.73 bits per heavy atom. The number of rotatable bonds is 1. The standard InChI is InChI=1S/C7H6ClNO.H2O/c8-6-3-1-5(2-4-6)7(9)10;/h1-4H,(H2,9,10);1H2. The molecular weight excluding hydrogens is 166 g/mol. The lowest BCUT2D eigenvalue weighted by Gasteiger charge is -1.92. The number of halogens is 1. The van der Waals surface area contributed by atoms with E-state index in [9.17, 15) is 4.79 Å². The van der Waals surface area contributed by atoms with Gasteiger partial charge in [0.1, 0.15) is 0 Å². The number of nitrogens with two attached hydrogens (primary N) is 1. The van der Waals surface area contributed by atoms with Gasteiger partial charge in [0, 0.05) is 10.6 Å². The highest BCUT2D eigenvalue weighted by Gasteiger charge is 1.96. The van der Waals surface area contributed by atoms with E-state index in [1.54, 1.807) is 24.3 Å². The molecule has 4 heteroatoms. The number of hydrogen-bond donors (Lipinski definition) is 1. The molecule has 0 bridgehead atoms. The average molecular weight is 174 g/mol. The Bertz CT molecular complexity index is 245. The van der Waals surface area contributed by atoms with Gasteiger partial charge in [0.05, 0.1) is 0 Å². The molecule has 1 rings (SSSR count). The lowest BCUT2D eigenvalue weighted by Crippen LogP contribution is -2.10. The fraction of sp³-hybridized carbons (Fsp3) is 0. The molecule has 0 saturated heterocycles. The minimum atomic E-state index is -0.434. The Hall–Kier alpha value is -1.06. The van der Waals surface area contributed by atoms with Crippen LogP contribution in [0.5, 0.6) is 0 Å². The molecule has 0 aliphatic carbocycles. The third-order valence-electron chi connectivity index (χ3n) is 1.13. The van der Waals surface area contributed by atoms with E-state index in [4.69, 9.17) is 17.3 Å². The summed E-state index contributed by atoms with van der Waals surface area (Å²) in [4.78, 5) is 10.5. The van der Waals surface area contributed by atoms with Gasteiger partial charge < -0.3 is 11.2 Å². The molecule has 0 atom stereocenters. The number of primary amides is 1. The summed E-state index contributed by atoms with van der Waals surface area (Å²) in [5, 5.41) is 0.602. The molecule has 0 unspecified atom stereocenters. The third kappa shape index (κ3) is 2.57. The summed E-state index contributed by atoms with van der Waals surface area (Å²) in [5.41, 5.74) is 5.46. The van der Waals surface area contributed by atoms with Crippen LogP contribution in [-0.2, 0) is 0 Å². The molecule has 0 aliphatic heterocycles. The molecule has 0 fully saturated rings. The van der Waals surface area contributed by atoms with E-state index >= 15 is 0 Å². The number of hydrogen-bond acceptors (Lipinski definition) is 1. The van der Waals surface area contributed by atoms with Crippen LogP contribution in [0.1, 0.15) is 10.4 Å². The van der Waals surface area contributed by atoms with Gasteiger partial charge in [-0.1, -0.05) is 11.6 Å². The SMILES string of the molecule is NC(=O)c1ccc(Cl)cc1.O. The average Bonchev–Trinajstić information content (AvgIpc) is 1.88. The summed E-state index contributed by atoms with van der Waals surface area (Å²) in [7, 11) is 0. The van der Waals surface area contributed by atoms with Gasteiger partial charge in [-0.25, -0.2) is 0 Å². The highest BCUT2D eigenvalue weighted by Crippen LogP contribution is 2.08. The molecule has 11 heavy (non-hydrogen) atoms. The van der Waals surface area contributed by atoms with Crippen LogP contribution in [0.3, 0.4) is 0 Å². The molecule has 0 spiro atoms. The van der Waals surface area contributed by atoms with Crippen LogP contribution in [0, 0.1) is 0 Å². The molecule has 3 nitrogen and oxygen atoms in total. The van der Waals surface area contributed by atoms with E-state index in [0.717, 1.165) is 0 Å². The predicted octanol–water partition coefficient (Wildman–Crippen LogP) is 0.614. The lowest BCUT2D eigenvalue weighted by atomic mass is 10.2. The van der Waals surface area contributed by atoms with Gasteiger partial charge in [0.15, 0.2) is 0 Å². The first kappa shape index (κ1) is 9.94. The Labute approximate surface area is 69.1 Å². The second-order valence-corrected chi connectivity index (χ2v) is 2.31. The third-order valence-corrected chi connectivity index (χ3v) is 1.38. The fourth-order valence-corrected chi connectivity index (χ4v) is 0.740. The molecule has 1 aromatic rings. The molecule has 0 radical (unpaired) electrons. The van der Waals surface area contributed by atoms with Crippen molar-refractivity contribution in [3.8, 4) is 0 Å². The summed E-state index contributed by atoms with van der Waals surface area (Å²) < 4.78 is 0. The second-order valence-electron chi connectivity index (χ2n) is 1.87. The second kappa shape index (κ2) is 3.95. The molecule has 1 amide bonds. The zero-order valence-electron chi connectivity index (χ0n) is 5.67. The summed E-state index contributed by atoms with van der Waals surface area (Å²) in [6.07, 6.45) is 0. The maximum Gasteiger partial charge on any atom is 0.248 e. The maximum atomic E-state index is 10.5. The van der Waals surface area contributed by atoms with Crippen molar-refractivity contribution in [3.63, 3.8) is 0 Å². The van der Waals surface area contributed by atoms with Crippen molar-refractivity contribution in [2.24, 2.45) is 5.73 Å². The summed E-state index contributed by atoms with van der Waals surface area (Å²) in [6, 6.07) is 6.43. The smallest absolute Gasteiger partial charge is 0.248 e. The van der Waals surface area contributed by atoms with E-state index in [0.29, 0.717) is 10.6 Å². The van der Waals surface area contributed by atoms with Gasteiger partial charge >= 0.3 is 0 Å². The number of carbonyl (C=O) groups is 1. The maximum absolute atomic E-state index is 10.5. The van der Waals surface area contributed by atoms with E-state index in [1.165, 1.54) is 0 Å². The van der Waals surface area contributed by atoms with E-state index in [2.05, 4.69) is 0 Å². The van der Waals surface area contributed by atoms with Crippen molar-refractivity contribution in [1.29, 1.82) is 0 Å². The van der Waals surface area contributed by atoms with Crippen LogP contribution in [0.25, 0.3) is 0 Å². The molecular formula is C7H8ClNO2. The Balaban J connectivity index is 0.000001000. The minimum Gasteiger partial charge on any atom is -0.412 e. The first-order valence-electron chi connectivity index (χ1n) is 2.75. The largest absolute Gasteiger partial charge is 0.412 e. The fourth-order valence-electron chi connectivity index (χ4n) is 0.614. The van der Waals surface area contributed by atoms with Crippen molar-refractivity contribution in [2.45, 2.75) is 0 Å². The Morgan fingerprint density at radius 1 is 1.27 bits per heavy atom. The van der Waals surface area contributed by atoms with Crippen LogP contribution in [0.15, 0.2) is 24.3 Å². The number of carbonyl (C=O) groups excluding carboxylic acids is 1. The zero-order valence-corrected chi connectivity index (χ0v) is 6.43. The van der Waals surface area contributed by atoms with Crippen LogP contribution in [0.4, 0.5) is 0 Å². The minimum absolute atomic E-state index is 0. The van der Waals surface area contributed by atoms with E-state index < -0.39 is 5.91 Å². The van der Waals surface area contributed by atoms with Crippen LogP contribution >= 0.6 is 11.6 Å². The van der Waals surface area contributed by atoms with Crippen LogP contribution < -0.4 is 5.73 Å². The Kier molecular flexibility index (Phi) is 3.57. The van der Waals surface area contributed by atoms with Crippen molar-refractivity contribution < 1.29 is 10.3 Å². The molecule has 0 aromatic heterocycles. The molecule has 4 N–H and O–H groups in total. The van der Waals surface area contributed by atoms with Gasteiger partial charge in [-0.05, 0) is 24.3 Å². The molecule has 0 aliphatic rings.